The second-order valence-electron chi connectivity index (χ2n) is 6.05. The molecular weight excluding hydrogens is 327 g/mol. The van der Waals surface area contributed by atoms with Gasteiger partial charge in [-0.2, -0.15) is 0 Å². The highest BCUT2D eigenvalue weighted by Gasteiger charge is 2.26. The van der Waals surface area contributed by atoms with Crippen LogP contribution in [0.3, 0.4) is 0 Å². The van der Waals surface area contributed by atoms with E-state index in [1.54, 1.807) is 0 Å². The second kappa shape index (κ2) is 13.0. The Labute approximate surface area is 141 Å². The zero-order valence-electron chi connectivity index (χ0n) is 13.6. The molecule has 5 heteroatoms. The van der Waals surface area contributed by atoms with Gasteiger partial charge >= 0.3 is 0 Å². The van der Waals surface area contributed by atoms with Gasteiger partial charge in [0, 0.05) is 16.6 Å². The summed E-state index contributed by atoms with van der Waals surface area (Å²) in [6, 6.07) is 0. The van der Waals surface area contributed by atoms with E-state index in [1.807, 2.05) is 0 Å². The molecule has 0 aromatic heterocycles. The average Bonchev–Trinajstić information content (AvgIpc) is 2.43. The molecule has 0 saturated carbocycles. The lowest BCUT2D eigenvalue weighted by molar-refractivity contribution is 0.435. The Balaban J connectivity index is 4.28. The standard InChI is InChI=1S/C16H32Cl2O2S/c1-3-5-7-9-11-15(14-17)13-16(21(18,19)20)12-10-8-6-4-2/h15-16H,3-14H2,1-2H3. The highest BCUT2D eigenvalue weighted by atomic mass is 35.7. The largest absolute Gasteiger partial charge is 0.235 e. The maximum atomic E-state index is 11.7. The Morgan fingerprint density at radius 2 is 1.38 bits per heavy atom. The third-order valence-electron chi connectivity index (χ3n) is 4.06. The first-order chi connectivity index (χ1) is 9.95. The highest BCUT2D eigenvalue weighted by molar-refractivity contribution is 8.14. The monoisotopic (exact) mass is 358 g/mol. The molecule has 21 heavy (non-hydrogen) atoms. The van der Waals surface area contributed by atoms with Crippen LogP contribution >= 0.6 is 22.3 Å². The topological polar surface area (TPSA) is 34.1 Å². The minimum atomic E-state index is -3.48. The normalized spacial score (nSPS) is 15.0. The molecule has 0 bridgehead atoms. The molecule has 0 aliphatic carbocycles. The Kier molecular flexibility index (Phi) is 13.3. The van der Waals surface area contributed by atoms with Gasteiger partial charge in [0.25, 0.3) is 0 Å². The summed E-state index contributed by atoms with van der Waals surface area (Å²) in [6.07, 6.45) is 11.4. The summed E-state index contributed by atoms with van der Waals surface area (Å²) in [5.74, 6) is 0.803. The molecule has 0 saturated heterocycles. The van der Waals surface area contributed by atoms with Crippen molar-refractivity contribution >= 4 is 31.3 Å². The Morgan fingerprint density at radius 1 is 0.857 bits per heavy atom. The number of hydrogen-bond acceptors (Lipinski definition) is 2. The molecular formula is C16H32Cl2O2S. The van der Waals surface area contributed by atoms with Gasteiger partial charge in [-0.05, 0) is 25.2 Å². The van der Waals surface area contributed by atoms with Gasteiger partial charge in [-0.1, -0.05) is 65.2 Å². The molecule has 0 aliphatic rings. The van der Waals surface area contributed by atoms with Crippen LogP contribution in [0.1, 0.15) is 84.5 Å². The summed E-state index contributed by atoms with van der Waals surface area (Å²) >= 11 is 6.02. The van der Waals surface area contributed by atoms with Crippen molar-refractivity contribution in [2.75, 3.05) is 5.88 Å². The van der Waals surface area contributed by atoms with Crippen molar-refractivity contribution in [2.24, 2.45) is 5.92 Å². The number of rotatable bonds is 14. The lowest BCUT2D eigenvalue weighted by atomic mass is 9.95. The van der Waals surface area contributed by atoms with Crippen molar-refractivity contribution in [1.82, 2.24) is 0 Å². The van der Waals surface area contributed by atoms with Gasteiger partial charge in [0.05, 0.1) is 5.25 Å². The predicted octanol–water partition coefficient (Wildman–Crippen LogP) is 6.11. The molecule has 0 radical (unpaired) electrons. The van der Waals surface area contributed by atoms with Crippen LogP contribution < -0.4 is 0 Å². The smallest absolute Gasteiger partial charge is 0.212 e. The van der Waals surface area contributed by atoms with Gasteiger partial charge in [0.2, 0.25) is 9.05 Å². The fraction of sp³-hybridized carbons (Fsp3) is 1.00. The van der Waals surface area contributed by atoms with E-state index in [9.17, 15) is 8.42 Å². The number of halogens is 2. The van der Waals surface area contributed by atoms with E-state index in [0.717, 1.165) is 38.5 Å². The molecule has 2 atom stereocenters. The van der Waals surface area contributed by atoms with Crippen LogP contribution in [0.2, 0.25) is 0 Å². The van der Waals surface area contributed by atoms with Gasteiger partial charge in [-0.25, -0.2) is 8.42 Å². The Morgan fingerprint density at radius 3 is 1.81 bits per heavy atom. The van der Waals surface area contributed by atoms with Crippen LogP contribution in [-0.4, -0.2) is 19.5 Å². The van der Waals surface area contributed by atoms with E-state index in [-0.39, 0.29) is 5.92 Å². The minimum absolute atomic E-state index is 0.272. The third-order valence-corrected chi connectivity index (χ3v) is 6.47. The van der Waals surface area contributed by atoms with Gasteiger partial charge < -0.3 is 0 Å². The molecule has 0 heterocycles. The quantitative estimate of drug-likeness (QED) is 0.213. The van der Waals surface area contributed by atoms with Crippen LogP contribution in [0, 0.1) is 5.92 Å². The SMILES string of the molecule is CCCCCCC(CCl)CC(CCCCCC)S(=O)(=O)Cl. The first-order valence-electron chi connectivity index (χ1n) is 8.45. The molecule has 0 aromatic carbocycles. The molecule has 2 nitrogen and oxygen atoms in total. The fourth-order valence-corrected chi connectivity index (χ4v) is 4.38. The van der Waals surface area contributed by atoms with Crippen molar-refractivity contribution in [2.45, 2.75) is 89.7 Å². The van der Waals surface area contributed by atoms with Crippen molar-refractivity contribution in [1.29, 1.82) is 0 Å². The van der Waals surface area contributed by atoms with Crippen molar-refractivity contribution in [3.63, 3.8) is 0 Å². The molecule has 0 N–H and O–H groups in total. The van der Waals surface area contributed by atoms with Crippen molar-refractivity contribution < 1.29 is 8.42 Å². The van der Waals surface area contributed by atoms with Crippen molar-refractivity contribution in [3.05, 3.63) is 0 Å². The van der Waals surface area contributed by atoms with Crippen LogP contribution in [0.25, 0.3) is 0 Å². The molecule has 2 unspecified atom stereocenters. The van der Waals surface area contributed by atoms with Crippen LogP contribution in [0.4, 0.5) is 0 Å². The van der Waals surface area contributed by atoms with Gasteiger partial charge in [-0.15, -0.1) is 11.6 Å². The summed E-state index contributed by atoms with van der Waals surface area (Å²) in [5.41, 5.74) is 0. The maximum Gasteiger partial charge on any atom is 0.235 e. The first-order valence-corrected chi connectivity index (χ1v) is 11.4. The number of hydrogen-bond donors (Lipinski definition) is 0. The molecule has 128 valence electrons. The predicted molar refractivity (Wildman–Crippen MR) is 94.9 cm³/mol. The van der Waals surface area contributed by atoms with E-state index in [1.165, 1.54) is 19.3 Å². The van der Waals surface area contributed by atoms with Gasteiger partial charge in [-0.3, -0.25) is 0 Å². The summed E-state index contributed by atoms with van der Waals surface area (Å²) in [7, 11) is 2.15. The summed E-state index contributed by atoms with van der Waals surface area (Å²) < 4.78 is 23.5. The zero-order valence-corrected chi connectivity index (χ0v) is 15.9. The summed E-state index contributed by atoms with van der Waals surface area (Å²) in [5, 5.41) is -0.425. The zero-order chi connectivity index (χ0) is 16.1. The number of unbranched alkanes of at least 4 members (excludes halogenated alkanes) is 6. The van der Waals surface area contributed by atoms with E-state index in [2.05, 4.69) is 13.8 Å². The molecule has 0 fully saturated rings. The summed E-state index contributed by atoms with van der Waals surface area (Å²) in [4.78, 5) is 0. The van der Waals surface area contributed by atoms with Crippen LogP contribution in [0.5, 0.6) is 0 Å². The lowest BCUT2D eigenvalue weighted by Crippen LogP contribution is -2.21. The Bertz CT molecular complexity index is 331. The first kappa shape index (κ1) is 21.5. The van der Waals surface area contributed by atoms with E-state index in [4.69, 9.17) is 22.3 Å². The Hall–Kier alpha value is 0.530. The molecule has 0 aromatic rings. The molecule has 0 aliphatic heterocycles. The second-order valence-corrected chi connectivity index (χ2v) is 9.27. The molecule has 0 rings (SSSR count). The number of alkyl halides is 1. The van der Waals surface area contributed by atoms with E-state index < -0.39 is 14.3 Å². The average molecular weight is 359 g/mol. The fourth-order valence-electron chi connectivity index (χ4n) is 2.66. The summed E-state index contributed by atoms with van der Waals surface area (Å²) in [6.45, 7) is 4.33. The van der Waals surface area contributed by atoms with E-state index >= 15 is 0 Å². The van der Waals surface area contributed by atoms with Crippen LogP contribution in [0.15, 0.2) is 0 Å². The lowest BCUT2D eigenvalue weighted by Gasteiger charge is -2.20. The van der Waals surface area contributed by atoms with E-state index in [0.29, 0.717) is 18.7 Å². The van der Waals surface area contributed by atoms with Gasteiger partial charge in [0.15, 0.2) is 0 Å². The molecule has 0 spiro atoms. The molecule has 0 amide bonds. The minimum Gasteiger partial charge on any atom is -0.212 e. The van der Waals surface area contributed by atoms with Gasteiger partial charge in [0.1, 0.15) is 0 Å². The van der Waals surface area contributed by atoms with Crippen molar-refractivity contribution in [3.8, 4) is 0 Å². The maximum absolute atomic E-state index is 11.7. The third kappa shape index (κ3) is 11.7. The van der Waals surface area contributed by atoms with Crippen LogP contribution in [-0.2, 0) is 9.05 Å². The highest BCUT2D eigenvalue weighted by Crippen LogP contribution is 2.26.